The molecule has 1 amide bonds. The lowest BCUT2D eigenvalue weighted by molar-refractivity contribution is 0.0956. The molecule has 0 spiro atoms. The molecular formula is C11H17NO3S2. The van der Waals surface area contributed by atoms with Gasteiger partial charge in [0.05, 0.1) is 10.5 Å². The summed E-state index contributed by atoms with van der Waals surface area (Å²) >= 11 is 1.43. The predicted octanol–water partition coefficient (Wildman–Crippen LogP) is 1.69. The largest absolute Gasteiger partial charge is 0.351 e. The van der Waals surface area contributed by atoms with Gasteiger partial charge in [0.1, 0.15) is 0 Å². The third-order valence-electron chi connectivity index (χ3n) is 2.37. The van der Waals surface area contributed by atoms with E-state index in [-0.39, 0.29) is 18.2 Å². The molecule has 17 heavy (non-hydrogen) atoms. The summed E-state index contributed by atoms with van der Waals surface area (Å²) in [5.74, 6) is -0.262. The highest BCUT2D eigenvalue weighted by Crippen LogP contribution is 2.15. The van der Waals surface area contributed by atoms with E-state index in [1.165, 1.54) is 11.3 Å². The number of carbonyl (C=O) groups is 1. The molecular weight excluding hydrogens is 258 g/mol. The highest BCUT2D eigenvalue weighted by molar-refractivity contribution is 7.92. The van der Waals surface area contributed by atoms with Gasteiger partial charge in [-0.05, 0) is 32.2 Å². The van der Waals surface area contributed by atoms with Gasteiger partial charge < -0.3 is 5.32 Å². The average molecular weight is 275 g/mol. The maximum atomic E-state index is 11.8. The van der Waals surface area contributed by atoms with Gasteiger partial charge in [0, 0.05) is 17.5 Å². The summed E-state index contributed by atoms with van der Waals surface area (Å²) in [6.45, 7) is 5.11. The highest BCUT2D eigenvalue weighted by atomic mass is 32.2. The quantitative estimate of drug-likeness (QED) is 0.909. The van der Waals surface area contributed by atoms with E-state index in [2.05, 4.69) is 5.32 Å². The molecule has 0 saturated carbocycles. The van der Waals surface area contributed by atoms with Crippen molar-refractivity contribution in [2.45, 2.75) is 25.5 Å². The minimum absolute atomic E-state index is 0.0353. The van der Waals surface area contributed by atoms with Crippen LogP contribution in [0.1, 0.15) is 31.1 Å². The van der Waals surface area contributed by atoms with Gasteiger partial charge in [-0.25, -0.2) is 8.42 Å². The van der Waals surface area contributed by atoms with Crippen LogP contribution in [-0.4, -0.2) is 31.4 Å². The SMILES string of the molecule is CC(C)(C)S(=O)(=O)CCNC(=O)c1ccsc1. The highest BCUT2D eigenvalue weighted by Gasteiger charge is 2.28. The van der Waals surface area contributed by atoms with Crippen molar-refractivity contribution in [3.8, 4) is 0 Å². The lowest BCUT2D eigenvalue weighted by atomic mass is 10.3. The second kappa shape index (κ2) is 5.18. The normalized spacial score (nSPS) is 12.4. The number of rotatable bonds is 4. The molecule has 1 aromatic rings. The smallest absolute Gasteiger partial charge is 0.252 e. The number of nitrogens with one attached hydrogen (secondary N) is 1. The van der Waals surface area contributed by atoms with Crippen LogP contribution in [-0.2, 0) is 9.84 Å². The van der Waals surface area contributed by atoms with Gasteiger partial charge in [0.2, 0.25) is 0 Å². The standard InChI is InChI=1S/C11H17NO3S2/c1-11(2,3)17(14,15)7-5-12-10(13)9-4-6-16-8-9/h4,6,8H,5,7H2,1-3H3,(H,12,13). The van der Waals surface area contributed by atoms with Crippen molar-refractivity contribution in [1.29, 1.82) is 0 Å². The summed E-state index contributed by atoms with van der Waals surface area (Å²) in [5, 5.41) is 6.14. The van der Waals surface area contributed by atoms with E-state index >= 15 is 0 Å². The third-order valence-corrected chi connectivity index (χ3v) is 5.66. The Balaban J connectivity index is 2.47. The second-order valence-corrected chi connectivity index (χ2v) is 8.34. The third kappa shape index (κ3) is 3.81. The summed E-state index contributed by atoms with van der Waals surface area (Å²) in [7, 11) is -3.17. The molecule has 1 rings (SSSR count). The second-order valence-electron chi connectivity index (χ2n) is 4.70. The summed E-state index contributed by atoms with van der Waals surface area (Å²) in [6, 6.07) is 1.71. The van der Waals surface area contributed by atoms with Crippen molar-refractivity contribution in [3.05, 3.63) is 22.4 Å². The number of carbonyl (C=O) groups excluding carboxylic acids is 1. The van der Waals surface area contributed by atoms with E-state index < -0.39 is 14.6 Å². The Labute approximate surface area is 106 Å². The topological polar surface area (TPSA) is 63.2 Å². The Morgan fingerprint density at radius 2 is 2.06 bits per heavy atom. The Morgan fingerprint density at radius 3 is 2.53 bits per heavy atom. The average Bonchev–Trinajstić information content (AvgIpc) is 2.67. The molecule has 0 bridgehead atoms. The maximum absolute atomic E-state index is 11.8. The van der Waals surface area contributed by atoms with Crippen LogP contribution < -0.4 is 5.32 Å². The first kappa shape index (κ1) is 14.2. The molecule has 0 aliphatic heterocycles. The first-order chi connectivity index (χ1) is 7.74. The minimum atomic E-state index is -3.17. The van der Waals surface area contributed by atoms with Gasteiger partial charge in [0.15, 0.2) is 9.84 Å². The number of hydrogen-bond acceptors (Lipinski definition) is 4. The van der Waals surface area contributed by atoms with Gasteiger partial charge in [-0.2, -0.15) is 11.3 Å². The fraction of sp³-hybridized carbons (Fsp3) is 0.545. The van der Waals surface area contributed by atoms with E-state index in [1.807, 2.05) is 0 Å². The summed E-state index contributed by atoms with van der Waals surface area (Å²) in [6.07, 6.45) is 0. The van der Waals surface area contributed by atoms with Gasteiger partial charge in [-0.3, -0.25) is 4.79 Å². The lowest BCUT2D eigenvalue weighted by Crippen LogP contribution is -2.36. The van der Waals surface area contributed by atoms with E-state index in [1.54, 1.807) is 37.6 Å². The van der Waals surface area contributed by atoms with Gasteiger partial charge in [-0.1, -0.05) is 0 Å². The van der Waals surface area contributed by atoms with Crippen molar-refractivity contribution in [2.24, 2.45) is 0 Å². The monoisotopic (exact) mass is 275 g/mol. The first-order valence-corrected chi connectivity index (χ1v) is 7.86. The van der Waals surface area contributed by atoms with Crippen molar-refractivity contribution in [3.63, 3.8) is 0 Å². The van der Waals surface area contributed by atoms with E-state index in [9.17, 15) is 13.2 Å². The Morgan fingerprint density at radius 1 is 1.41 bits per heavy atom. The molecule has 1 N–H and O–H groups in total. The predicted molar refractivity (Wildman–Crippen MR) is 70.2 cm³/mol. The number of hydrogen-bond donors (Lipinski definition) is 1. The van der Waals surface area contributed by atoms with Gasteiger partial charge >= 0.3 is 0 Å². The van der Waals surface area contributed by atoms with Crippen LogP contribution in [0.4, 0.5) is 0 Å². The van der Waals surface area contributed by atoms with Crippen LogP contribution in [0.25, 0.3) is 0 Å². The minimum Gasteiger partial charge on any atom is -0.351 e. The van der Waals surface area contributed by atoms with Crippen LogP contribution in [0.2, 0.25) is 0 Å². The van der Waals surface area contributed by atoms with Gasteiger partial charge in [0.25, 0.3) is 5.91 Å². The van der Waals surface area contributed by atoms with Crippen molar-refractivity contribution in [1.82, 2.24) is 5.32 Å². The summed E-state index contributed by atoms with van der Waals surface area (Å²) in [4.78, 5) is 11.5. The van der Waals surface area contributed by atoms with Crippen LogP contribution >= 0.6 is 11.3 Å². The lowest BCUT2D eigenvalue weighted by Gasteiger charge is -2.19. The van der Waals surface area contributed by atoms with Crippen molar-refractivity contribution >= 4 is 27.1 Å². The molecule has 96 valence electrons. The fourth-order valence-corrected chi connectivity index (χ4v) is 2.72. The molecule has 1 aromatic heterocycles. The van der Waals surface area contributed by atoms with Crippen LogP contribution in [0.15, 0.2) is 16.8 Å². The maximum Gasteiger partial charge on any atom is 0.252 e. The molecule has 0 aliphatic carbocycles. The molecule has 0 atom stereocenters. The zero-order valence-electron chi connectivity index (χ0n) is 10.2. The Bertz CT molecular complexity index is 469. The summed E-state index contributed by atoms with van der Waals surface area (Å²) < 4.78 is 22.8. The van der Waals surface area contributed by atoms with Gasteiger partial charge in [-0.15, -0.1) is 0 Å². The molecule has 1 heterocycles. The number of sulfone groups is 1. The Hall–Kier alpha value is -0.880. The van der Waals surface area contributed by atoms with E-state index in [0.29, 0.717) is 5.56 Å². The fourth-order valence-electron chi connectivity index (χ4n) is 1.10. The molecule has 0 aliphatic rings. The molecule has 4 nitrogen and oxygen atoms in total. The van der Waals surface area contributed by atoms with E-state index in [0.717, 1.165) is 0 Å². The van der Waals surface area contributed by atoms with Crippen molar-refractivity contribution in [2.75, 3.05) is 12.3 Å². The van der Waals surface area contributed by atoms with Crippen molar-refractivity contribution < 1.29 is 13.2 Å². The van der Waals surface area contributed by atoms with Crippen LogP contribution in [0.5, 0.6) is 0 Å². The van der Waals surface area contributed by atoms with E-state index in [4.69, 9.17) is 0 Å². The zero-order chi connectivity index (χ0) is 13.1. The molecule has 0 radical (unpaired) electrons. The molecule has 0 aromatic carbocycles. The van der Waals surface area contributed by atoms with Crippen LogP contribution in [0.3, 0.4) is 0 Å². The summed E-state index contributed by atoms with van der Waals surface area (Å²) in [5.41, 5.74) is 0.572. The molecule has 0 unspecified atom stereocenters. The molecule has 6 heteroatoms. The number of thiophene rings is 1. The first-order valence-electron chi connectivity index (χ1n) is 5.27. The molecule has 0 fully saturated rings. The number of amides is 1. The molecule has 0 saturated heterocycles. The zero-order valence-corrected chi connectivity index (χ0v) is 11.8. The van der Waals surface area contributed by atoms with Crippen LogP contribution in [0, 0.1) is 0 Å². The Kier molecular flexibility index (Phi) is 4.32.